The second-order valence-corrected chi connectivity index (χ2v) is 10.1. The molecule has 0 spiro atoms. The predicted octanol–water partition coefficient (Wildman–Crippen LogP) is -6.51. The van der Waals surface area contributed by atoms with E-state index in [0.717, 1.165) is 24.7 Å². The first-order valence-electron chi connectivity index (χ1n) is 12.4. The Labute approximate surface area is 226 Å². The van der Waals surface area contributed by atoms with Crippen LogP contribution in [-0.4, -0.2) is 141 Å². The molecule has 0 aromatic heterocycles. The summed E-state index contributed by atoms with van der Waals surface area (Å²) in [6.45, 7) is -0.0796. The third kappa shape index (κ3) is 5.15. The third-order valence-electron chi connectivity index (χ3n) is 7.47. The van der Waals surface area contributed by atoms with E-state index in [1.54, 1.807) is 5.32 Å². The number of carbonyl (C=O) groups is 4. The Morgan fingerprint density at radius 3 is 2.10 bits per heavy atom. The van der Waals surface area contributed by atoms with E-state index in [4.69, 9.17) is 4.74 Å². The summed E-state index contributed by atoms with van der Waals surface area (Å²) in [6, 6.07) is -2.38. The lowest BCUT2D eigenvalue weighted by atomic mass is 9.63. The summed E-state index contributed by atoms with van der Waals surface area (Å²) < 4.78 is 4.84. The summed E-state index contributed by atoms with van der Waals surface area (Å²) in [5.74, 6) is -19.0. The maximum atomic E-state index is 12.7. The first-order valence-corrected chi connectivity index (χ1v) is 12.4. The molecule has 0 bridgehead atoms. The maximum absolute atomic E-state index is 12.7. The van der Waals surface area contributed by atoms with E-state index in [1.807, 2.05) is 5.32 Å². The molecular formula is C21H35N5O14. The molecule has 40 heavy (non-hydrogen) atoms. The second kappa shape index (κ2) is 10.8. The Morgan fingerprint density at radius 2 is 1.52 bits per heavy atom. The molecule has 3 rings (SSSR count). The second-order valence-electron chi connectivity index (χ2n) is 10.1. The fraction of sp³-hybridized carbons (Fsp3) is 0.810. The van der Waals surface area contributed by atoms with Gasteiger partial charge >= 0.3 is 12.1 Å². The van der Waals surface area contributed by atoms with Crippen LogP contribution in [0.25, 0.3) is 0 Å². The van der Waals surface area contributed by atoms with Gasteiger partial charge in [0.05, 0.1) is 6.54 Å². The molecule has 3 atom stereocenters. The van der Waals surface area contributed by atoms with Crippen LogP contribution >= 0.6 is 0 Å². The van der Waals surface area contributed by atoms with Gasteiger partial charge in [0.25, 0.3) is 23.1 Å². The molecule has 0 aromatic rings. The average molecular weight is 582 g/mol. The Kier molecular flexibility index (Phi) is 8.57. The van der Waals surface area contributed by atoms with E-state index in [2.05, 4.69) is 10.6 Å². The molecule has 1 aliphatic heterocycles. The van der Waals surface area contributed by atoms with Crippen molar-refractivity contribution in [1.29, 1.82) is 0 Å². The van der Waals surface area contributed by atoms with Crippen LogP contribution in [-0.2, 0) is 14.3 Å². The molecular weight excluding hydrogens is 546 g/mol. The zero-order valence-electron chi connectivity index (χ0n) is 21.4. The van der Waals surface area contributed by atoms with Crippen molar-refractivity contribution in [2.75, 3.05) is 19.8 Å². The van der Waals surface area contributed by atoms with Crippen molar-refractivity contribution in [3.63, 3.8) is 0 Å². The van der Waals surface area contributed by atoms with Gasteiger partial charge in [-0.2, -0.15) is 0 Å². The molecule has 1 saturated heterocycles. The fourth-order valence-corrected chi connectivity index (χ4v) is 4.79. The highest BCUT2D eigenvalue weighted by Crippen LogP contribution is 2.50. The van der Waals surface area contributed by atoms with Crippen LogP contribution in [0.5, 0.6) is 0 Å². The highest BCUT2D eigenvalue weighted by atomic mass is 16.7. The van der Waals surface area contributed by atoms with Crippen molar-refractivity contribution in [3.8, 4) is 0 Å². The summed E-state index contributed by atoms with van der Waals surface area (Å²) in [7, 11) is 0. The first-order chi connectivity index (χ1) is 18.4. The maximum Gasteiger partial charge on any atom is 0.409 e. The van der Waals surface area contributed by atoms with Gasteiger partial charge in [-0.15, -0.1) is 0 Å². The number of alkyl carbamates (subject to hydrolysis) is 1. The van der Waals surface area contributed by atoms with E-state index in [-0.39, 0.29) is 19.0 Å². The van der Waals surface area contributed by atoms with Gasteiger partial charge in [0, 0.05) is 12.6 Å². The van der Waals surface area contributed by atoms with Gasteiger partial charge in [0.1, 0.15) is 17.7 Å². The topological polar surface area (TPSA) is 311 Å². The largest absolute Gasteiger partial charge is 0.428 e. The van der Waals surface area contributed by atoms with E-state index in [9.17, 15) is 65.1 Å². The number of likely N-dealkylation sites (tertiary alicyclic amines) is 1. The minimum atomic E-state index is -4.56. The highest BCUT2D eigenvalue weighted by Gasteiger charge is 2.85. The van der Waals surface area contributed by atoms with Gasteiger partial charge in [-0.05, 0) is 32.1 Å². The van der Waals surface area contributed by atoms with Crippen LogP contribution in [0, 0.1) is 0 Å². The quantitative estimate of drug-likeness (QED) is 0.119. The number of nitrogens with one attached hydrogen (secondary N) is 4. The van der Waals surface area contributed by atoms with Crippen LogP contribution in [0.4, 0.5) is 9.59 Å². The molecule has 19 nitrogen and oxygen atoms in total. The summed E-state index contributed by atoms with van der Waals surface area (Å²) in [5.41, 5.74) is -3.16. The summed E-state index contributed by atoms with van der Waals surface area (Å²) in [5, 5.41) is 99.9. The number of hydrogen-bond donors (Lipinski definition) is 13. The summed E-state index contributed by atoms with van der Waals surface area (Å²) >= 11 is 0. The van der Waals surface area contributed by atoms with Gasteiger partial charge in [0.15, 0.2) is 6.73 Å². The molecule has 228 valence electrons. The summed E-state index contributed by atoms with van der Waals surface area (Å²) in [4.78, 5) is 50.5. The van der Waals surface area contributed by atoms with E-state index in [0.29, 0.717) is 6.42 Å². The van der Waals surface area contributed by atoms with Crippen LogP contribution in [0.1, 0.15) is 39.0 Å². The Balaban J connectivity index is 1.61. The van der Waals surface area contributed by atoms with Gasteiger partial charge in [-0.3, -0.25) is 9.59 Å². The SMILES string of the molecule is CCC1(NC(=O)NCC(=O)N2CCCC2C(=O)NCOC(=O)NC2CC2)C(O)C(O)(O)C(O)(O)C(O)(O)C1(O)O. The van der Waals surface area contributed by atoms with E-state index < -0.39 is 84.5 Å². The van der Waals surface area contributed by atoms with E-state index >= 15 is 0 Å². The third-order valence-corrected chi connectivity index (χ3v) is 7.47. The lowest BCUT2D eigenvalue weighted by molar-refractivity contribution is -0.555. The lowest BCUT2D eigenvalue weighted by Gasteiger charge is -2.62. The number of hydrogen-bond acceptors (Lipinski definition) is 14. The fourth-order valence-electron chi connectivity index (χ4n) is 4.79. The molecule has 0 radical (unpaired) electrons. The average Bonchev–Trinajstić information content (AvgIpc) is 3.54. The number of aliphatic hydroxyl groups is 9. The van der Waals surface area contributed by atoms with Gasteiger partial charge in [-0.1, -0.05) is 6.92 Å². The van der Waals surface area contributed by atoms with Crippen molar-refractivity contribution in [2.24, 2.45) is 0 Å². The number of carbonyl (C=O) groups excluding carboxylic acids is 4. The van der Waals surface area contributed by atoms with Gasteiger partial charge in [0.2, 0.25) is 11.8 Å². The van der Waals surface area contributed by atoms with E-state index in [1.165, 1.54) is 0 Å². The molecule has 19 heteroatoms. The van der Waals surface area contributed by atoms with Gasteiger partial charge in [-0.25, -0.2) is 9.59 Å². The molecule has 3 aliphatic rings. The number of amides is 5. The minimum Gasteiger partial charge on any atom is -0.428 e. The molecule has 1 heterocycles. The normalized spacial score (nSPS) is 29.7. The molecule has 3 unspecified atom stereocenters. The van der Waals surface area contributed by atoms with Crippen LogP contribution < -0.4 is 21.3 Å². The zero-order valence-corrected chi connectivity index (χ0v) is 21.4. The monoisotopic (exact) mass is 581 g/mol. The van der Waals surface area contributed by atoms with Gasteiger partial charge < -0.3 is 76.9 Å². The van der Waals surface area contributed by atoms with Crippen molar-refractivity contribution >= 4 is 23.9 Å². The van der Waals surface area contributed by atoms with Crippen molar-refractivity contribution in [1.82, 2.24) is 26.2 Å². The zero-order chi connectivity index (χ0) is 30.3. The standard InChI is InChI=1S/C21H35N5O14/c1-2-17(14(29)18(32,33)20(36,37)21(38,39)19(17,34)35)25-15(30)22-8-12(27)26-7-3-4-11(26)13(28)23-9-40-16(31)24-10-5-6-10/h10-11,14,29,32-39H,2-9H2,1H3,(H,23,28)(H,24,31)(H2,22,25,30). The molecule has 13 N–H and O–H groups in total. The molecule has 5 amide bonds. The minimum absolute atomic E-state index is 0.0539. The summed E-state index contributed by atoms with van der Waals surface area (Å²) in [6.07, 6.45) is -2.25. The lowest BCUT2D eigenvalue weighted by Crippen LogP contribution is -2.94. The number of aliphatic hydroxyl groups excluding tert-OH is 1. The van der Waals surface area contributed by atoms with Crippen LogP contribution in [0.3, 0.4) is 0 Å². The van der Waals surface area contributed by atoms with Crippen LogP contribution in [0.15, 0.2) is 0 Å². The number of ether oxygens (including phenoxy) is 1. The van der Waals surface area contributed by atoms with Crippen LogP contribution in [0.2, 0.25) is 0 Å². The highest BCUT2D eigenvalue weighted by molar-refractivity contribution is 5.90. The van der Waals surface area contributed by atoms with Crippen molar-refractivity contribution < 1.29 is 69.9 Å². The smallest absolute Gasteiger partial charge is 0.409 e. The Morgan fingerprint density at radius 1 is 0.900 bits per heavy atom. The first kappa shape index (κ1) is 31.6. The Hall–Kier alpha value is -2.88. The predicted molar refractivity (Wildman–Crippen MR) is 125 cm³/mol. The Bertz CT molecular complexity index is 1020. The molecule has 2 aliphatic carbocycles. The number of rotatable bonds is 8. The van der Waals surface area contributed by atoms with Crippen molar-refractivity contribution in [2.45, 2.75) is 85.9 Å². The number of nitrogens with zero attached hydrogens (tertiary/aromatic N) is 1. The van der Waals surface area contributed by atoms with Crippen molar-refractivity contribution in [3.05, 3.63) is 0 Å². The molecule has 2 saturated carbocycles. The number of urea groups is 1. The molecule has 3 fully saturated rings. The molecule has 0 aromatic carbocycles.